The predicted octanol–water partition coefficient (Wildman–Crippen LogP) is 4.73. The van der Waals surface area contributed by atoms with Gasteiger partial charge in [-0.25, -0.2) is 0 Å². The van der Waals surface area contributed by atoms with Crippen LogP contribution in [0.5, 0.6) is 0 Å². The minimum Gasteiger partial charge on any atom is -0.350 e. The molecule has 2 heterocycles. The second kappa shape index (κ2) is 7.49. The molecule has 144 valence electrons. The Kier molecular flexibility index (Phi) is 5.04. The number of likely N-dealkylation sites (tertiary alicyclic amines) is 1. The van der Waals surface area contributed by atoms with Crippen molar-refractivity contribution in [1.82, 2.24) is 9.47 Å². The van der Waals surface area contributed by atoms with Crippen LogP contribution < -0.4 is 5.32 Å². The quantitative estimate of drug-likeness (QED) is 0.671. The average molecular weight is 416 g/mol. The number of fused-ring (bicyclic) bond motifs is 1. The zero-order chi connectivity index (χ0) is 19.8. The number of amides is 2. The molecule has 28 heavy (non-hydrogen) atoms. The molecule has 1 aliphatic rings. The number of nitrogens with one attached hydrogen (secondary N) is 1. The topological polar surface area (TPSA) is 54.3 Å². The van der Waals surface area contributed by atoms with Gasteiger partial charge < -0.3 is 14.8 Å². The van der Waals surface area contributed by atoms with E-state index in [1.165, 1.54) is 0 Å². The number of benzene rings is 2. The van der Waals surface area contributed by atoms with Crippen LogP contribution in [0, 0.1) is 0 Å². The molecule has 7 heteroatoms. The summed E-state index contributed by atoms with van der Waals surface area (Å²) >= 11 is 12.2. The van der Waals surface area contributed by atoms with Crippen molar-refractivity contribution in [3.05, 3.63) is 64.3 Å². The standard InChI is InChI=1S/C21H19Cl2N3O2/c1-25-11-9-14-17(4-2-5-18(14)25)24-20(27)19-6-3-10-26(19)21(28)15-12-13(22)7-8-16(15)23/h2,4-5,7-9,11-12,19H,3,6,10H2,1H3,(H,24,27). The van der Waals surface area contributed by atoms with Crippen LogP contribution in [-0.2, 0) is 11.8 Å². The minimum absolute atomic E-state index is 0.194. The third kappa shape index (κ3) is 3.36. The number of hydrogen-bond donors (Lipinski definition) is 1. The van der Waals surface area contributed by atoms with Gasteiger partial charge in [0.1, 0.15) is 6.04 Å². The summed E-state index contributed by atoms with van der Waals surface area (Å²) < 4.78 is 2.00. The second-order valence-corrected chi connectivity index (χ2v) is 7.78. The first-order chi connectivity index (χ1) is 13.5. The molecule has 0 saturated carbocycles. The first-order valence-electron chi connectivity index (χ1n) is 9.06. The highest BCUT2D eigenvalue weighted by atomic mass is 35.5. The highest BCUT2D eigenvalue weighted by molar-refractivity contribution is 6.35. The maximum absolute atomic E-state index is 13.0. The summed E-state index contributed by atoms with van der Waals surface area (Å²) in [6, 6.07) is 12.0. The molecule has 0 radical (unpaired) electrons. The monoisotopic (exact) mass is 415 g/mol. The van der Waals surface area contributed by atoms with Crippen molar-refractivity contribution in [2.45, 2.75) is 18.9 Å². The van der Waals surface area contributed by atoms with E-state index in [0.717, 1.165) is 23.0 Å². The van der Waals surface area contributed by atoms with Crippen LogP contribution in [0.25, 0.3) is 10.9 Å². The number of rotatable bonds is 3. The molecule has 1 unspecified atom stereocenters. The molecule has 0 aliphatic carbocycles. The van der Waals surface area contributed by atoms with Gasteiger partial charge in [-0.1, -0.05) is 29.3 Å². The SMILES string of the molecule is Cn1ccc2c(NC(=O)C3CCCN3C(=O)c3cc(Cl)ccc3Cl)cccc21. The van der Waals surface area contributed by atoms with Crippen molar-refractivity contribution >= 4 is 51.6 Å². The molecule has 1 aromatic heterocycles. The van der Waals surface area contributed by atoms with Crippen LogP contribution in [0.15, 0.2) is 48.7 Å². The summed E-state index contributed by atoms with van der Waals surface area (Å²) in [6.07, 6.45) is 3.32. The Morgan fingerprint density at radius 3 is 2.79 bits per heavy atom. The highest BCUT2D eigenvalue weighted by Crippen LogP contribution is 2.28. The number of carbonyl (C=O) groups is 2. The van der Waals surface area contributed by atoms with Crippen LogP contribution in [0.4, 0.5) is 5.69 Å². The van der Waals surface area contributed by atoms with Crippen molar-refractivity contribution in [1.29, 1.82) is 0 Å². The van der Waals surface area contributed by atoms with Crippen molar-refractivity contribution < 1.29 is 9.59 Å². The predicted molar refractivity (Wildman–Crippen MR) is 112 cm³/mol. The fourth-order valence-corrected chi connectivity index (χ4v) is 4.10. The number of aryl methyl sites for hydroxylation is 1. The van der Waals surface area contributed by atoms with Gasteiger partial charge in [0.15, 0.2) is 0 Å². The van der Waals surface area contributed by atoms with Gasteiger partial charge in [0.2, 0.25) is 5.91 Å². The van der Waals surface area contributed by atoms with Crippen LogP contribution in [0.1, 0.15) is 23.2 Å². The van der Waals surface area contributed by atoms with Gasteiger partial charge in [-0.15, -0.1) is 0 Å². The highest BCUT2D eigenvalue weighted by Gasteiger charge is 2.35. The smallest absolute Gasteiger partial charge is 0.256 e. The first-order valence-corrected chi connectivity index (χ1v) is 9.82. The third-order valence-electron chi connectivity index (χ3n) is 5.16. The molecule has 1 aliphatic heterocycles. The number of aromatic nitrogens is 1. The lowest BCUT2D eigenvalue weighted by Gasteiger charge is -2.24. The van der Waals surface area contributed by atoms with E-state index in [-0.39, 0.29) is 11.8 Å². The van der Waals surface area contributed by atoms with Gasteiger partial charge in [-0.05, 0) is 49.2 Å². The second-order valence-electron chi connectivity index (χ2n) is 6.94. The molecule has 0 bridgehead atoms. The van der Waals surface area contributed by atoms with Gasteiger partial charge in [0, 0.05) is 35.7 Å². The van der Waals surface area contributed by atoms with Gasteiger partial charge in [0.25, 0.3) is 5.91 Å². The van der Waals surface area contributed by atoms with Crippen LogP contribution >= 0.6 is 23.2 Å². The number of anilines is 1. The normalized spacial score (nSPS) is 16.5. The maximum Gasteiger partial charge on any atom is 0.256 e. The van der Waals surface area contributed by atoms with Crippen LogP contribution in [0.2, 0.25) is 10.0 Å². The zero-order valence-corrected chi connectivity index (χ0v) is 16.8. The lowest BCUT2D eigenvalue weighted by molar-refractivity contribution is -0.119. The Morgan fingerprint density at radius 2 is 1.96 bits per heavy atom. The Morgan fingerprint density at radius 1 is 1.14 bits per heavy atom. The summed E-state index contributed by atoms with van der Waals surface area (Å²) in [5, 5.41) is 4.72. The summed E-state index contributed by atoms with van der Waals surface area (Å²) in [5.41, 5.74) is 2.09. The van der Waals surface area contributed by atoms with E-state index in [2.05, 4.69) is 5.32 Å². The van der Waals surface area contributed by atoms with Crippen LogP contribution in [-0.4, -0.2) is 33.9 Å². The fourth-order valence-electron chi connectivity index (χ4n) is 3.73. The minimum atomic E-state index is -0.540. The molecule has 1 fully saturated rings. The van der Waals surface area contributed by atoms with E-state index in [4.69, 9.17) is 23.2 Å². The summed E-state index contributed by atoms with van der Waals surface area (Å²) in [5.74, 6) is -0.469. The largest absolute Gasteiger partial charge is 0.350 e. The summed E-state index contributed by atoms with van der Waals surface area (Å²) in [7, 11) is 1.96. The third-order valence-corrected chi connectivity index (χ3v) is 5.73. The van der Waals surface area contributed by atoms with Crippen molar-refractivity contribution in [2.24, 2.45) is 7.05 Å². The Balaban J connectivity index is 1.58. The van der Waals surface area contributed by atoms with Crippen molar-refractivity contribution in [2.75, 3.05) is 11.9 Å². The average Bonchev–Trinajstić information content (AvgIpc) is 3.31. The molecular formula is C21H19Cl2N3O2. The fraction of sp³-hybridized carbons (Fsp3) is 0.238. The molecule has 1 N–H and O–H groups in total. The number of nitrogens with zero attached hydrogens (tertiary/aromatic N) is 2. The molecule has 5 nitrogen and oxygen atoms in total. The van der Waals surface area contributed by atoms with E-state index >= 15 is 0 Å². The molecule has 3 aromatic rings. The van der Waals surface area contributed by atoms with Gasteiger partial charge in [-0.3, -0.25) is 9.59 Å². The number of carbonyl (C=O) groups excluding carboxylic acids is 2. The van der Waals surface area contributed by atoms with Gasteiger partial charge in [0.05, 0.1) is 16.3 Å². The lowest BCUT2D eigenvalue weighted by atomic mass is 10.1. The molecule has 1 saturated heterocycles. The van der Waals surface area contributed by atoms with Crippen molar-refractivity contribution in [3.8, 4) is 0 Å². The zero-order valence-electron chi connectivity index (χ0n) is 15.3. The molecule has 4 rings (SSSR count). The molecule has 0 spiro atoms. The van der Waals surface area contributed by atoms with E-state index in [1.54, 1.807) is 23.1 Å². The van der Waals surface area contributed by atoms with Crippen LogP contribution in [0.3, 0.4) is 0 Å². The van der Waals surface area contributed by atoms with E-state index < -0.39 is 6.04 Å². The van der Waals surface area contributed by atoms with Gasteiger partial charge >= 0.3 is 0 Å². The molecule has 2 aromatic carbocycles. The van der Waals surface area contributed by atoms with E-state index in [1.807, 2.05) is 42.1 Å². The Hall–Kier alpha value is -2.50. The molecule has 1 atom stereocenters. The van der Waals surface area contributed by atoms with E-state index in [9.17, 15) is 9.59 Å². The maximum atomic E-state index is 13.0. The molecule has 2 amide bonds. The number of halogens is 2. The Bertz CT molecular complexity index is 1080. The lowest BCUT2D eigenvalue weighted by Crippen LogP contribution is -2.43. The summed E-state index contributed by atoms with van der Waals surface area (Å²) in [6.45, 7) is 0.509. The van der Waals surface area contributed by atoms with Crippen molar-refractivity contribution in [3.63, 3.8) is 0 Å². The molecular weight excluding hydrogens is 397 g/mol. The van der Waals surface area contributed by atoms with E-state index in [0.29, 0.717) is 28.6 Å². The summed E-state index contributed by atoms with van der Waals surface area (Å²) in [4.78, 5) is 27.6. The number of hydrogen-bond acceptors (Lipinski definition) is 2. The first kappa shape index (κ1) is 18.8. The van der Waals surface area contributed by atoms with Gasteiger partial charge in [-0.2, -0.15) is 0 Å². The Labute approximate surface area is 172 Å².